The second kappa shape index (κ2) is 9.28. The van der Waals surface area contributed by atoms with Gasteiger partial charge in [0.2, 0.25) is 11.8 Å². The molecule has 4 nitrogen and oxygen atoms in total. The van der Waals surface area contributed by atoms with Crippen molar-refractivity contribution in [1.82, 2.24) is 10.2 Å². The molecule has 5 heteroatoms. The van der Waals surface area contributed by atoms with E-state index in [-0.39, 0.29) is 23.7 Å². The molecule has 2 atom stereocenters. The van der Waals surface area contributed by atoms with Crippen LogP contribution in [0, 0.1) is 5.82 Å². The number of nitrogens with one attached hydrogen (secondary N) is 1. The minimum absolute atomic E-state index is 0.0703. The molecule has 0 aromatic heterocycles. The quantitative estimate of drug-likeness (QED) is 0.798. The second-order valence-electron chi connectivity index (χ2n) is 5.74. The van der Waals surface area contributed by atoms with Gasteiger partial charge in [0.25, 0.3) is 0 Å². The van der Waals surface area contributed by atoms with Gasteiger partial charge in [-0.1, -0.05) is 32.9 Å². The highest BCUT2D eigenvalue weighted by atomic mass is 19.1. The van der Waals surface area contributed by atoms with Crippen molar-refractivity contribution in [2.45, 2.75) is 65.6 Å². The van der Waals surface area contributed by atoms with E-state index in [1.807, 2.05) is 20.8 Å². The lowest BCUT2D eigenvalue weighted by Gasteiger charge is -2.31. The van der Waals surface area contributed by atoms with E-state index in [0.29, 0.717) is 19.4 Å². The molecule has 1 N–H and O–H groups in total. The summed E-state index contributed by atoms with van der Waals surface area (Å²) in [7, 11) is 0. The van der Waals surface area contributed by atoms with Crippen LogP contribution >= 0.6 is 0 Å². The van der Waals surface area contributed by atoms with Crippen LogP contribution in [0.1, 0.15) is 52.5 Å². The maximum Gasteiger partial charge on any atom is 0.243 e. The van der Waals surface area contributed by atoms with Crippen molar-refractivity contribution >= 4 is 11.8 Å². The third kappa shape index (κ3) is 5.66. The van der Waals surface area contributed by atoms with E-state index < -0.39 is 6.04 Å². The molecule has 0 radical (unpaired) electrons. The zero-order chi connectivity index (χ0) is 17.4. The van der Waals surface area contributed by atoms with Gasteiger partial charge < -0.3 is 10.2 Å². The van der Waals surface area contributed by atoms with Gasteiger partial charge in [-0.3, -0.25) is 9.59 Å². The number of hydrogen-bond acceptors (Lipinski definition) is 2. The second-order valence-corrected chi connectivity index (χ2v) is 5.74. The molecular weight excluding hydrogens is 295 g/mol. The molecule has 1 rings (SSSR count). The summed E-state index contributed by atoms with van der Waals surface area (Å²) in [5, 5.41) is 2.94. The van der Waals surface area contributed by atoms with Crippen molar-refractivity contribution in [3.8, 4) is 0 Å². The average molecular weight is 322 g/mol. The number of hydrogen-bond donors (Lipinski definition) is 1. The molecule has 128 valence electrons. The van der Waals surface area contributed by atoms with Crippen LogP contribution in [0.25, 0.3) is 0 Å². The van der Waals surface area contributed by atoms with Crippen molar-refractivity contribution in [1.29, 1.82) is 0 Å². The summed E-state index contributed by atoms with van der Waals surface area (Å²) in [5.41, 5.74) is 0.808. The number of nitrogens with zero attached hydrogens (tertiary/aromatic N) is 1. The Labute approximate surface area is 138 Å². The molecule has 0 aliphatic carbocycles. The smallest absolute Gasteiger partial charge is 0.243 e. The first-order valence-electron chi connectivity index (χ1n) is 8.27. The molecule has 1 aromatic carbocycles. The lowest BCUT2D eigenvalue weighted by molar-refractivity contribution is -0.141. The van der Waals surface area contributed by atoms with Crippen LogP contribution in [0.15, 0.2) is 24.3 Å². The summed E-state index contributed by atoms with van der Waals surface area (Å²) >= 11 is 0. The van der Waals surface area contributed by atoms with Gasteiger partial charge in [-0.05, 0) is 37.5 Å². The molecule has 0 fully saturated rings. The average Bonchev–Trinajstić information content (AvgIpc) is 2.55. The van der Waals surface area contributed by atoms with Crippen LogP contribution in [-0.4, -0.2) is 28.8 Å². The zero-order valence-corrected chi connectivity index (χ0v) is 14.4. The maximum atomic E-state index is 13.0. The first kappa shape index (κ1) is 19.1. The summed E-state index contributed by atoms with van der Waals surface area (Å²) in [4.78, 5) is 26.4. The van der Waals surface area contributed by atoms with Crippen LogP contribution in [-0.2, 0) is 16.1 Å². The Kier molecular flexibility index (Phi) is 7.72. The molecule has 0 unspecified atom stereocenters. The van der Waals surface area contributed by atoms with Crippen LogP contribution in [0.2, 0.25) is 0 Å². The summed E-state index contributed by atoms with van der Waals surface area (Å²) in [6.07, 6.45) is 1.70. The minimum Gasteiger partial charge on any atom is -0.352 e. The number of carbonyl (C=O) groups excluding carboxylic acids is 2. The number of amides is 2. The summed E-state index contributed by atoms with van der Waals surface area (Å²) in [6.45, 7) is 7.91. The third-order valence-electron chi connectivity index (χ3n) is 3.96. The van der Waals surface area contributed by atoms with E-state index in [4.69, 9.17) is 0 Å². The normalized spacial score (nSPS) is 13.3. The fourth-order valence-electron chi connectivity index (χ4n) is 2.35. The lowest BCUT2D eigenvalue weighted by Crippen LogP contribution is -2.50. The highest BCUT2D eigenvalue weighted by Gasteiger charge is 2.28. The van der Waals surface area contributed by atoms with Crippen molar-refractivity contribution in [3.05, 3.63) is 35.6 Å². The summed E-state index contributed by atoms with van der Waals surface area (Å²) < 4.78 is 13.0. The maximum absolute atomic E-state index is 13.0. The SMILES string of the molecule is CCC(=O)N(Cc1ccc(F)cc1)[C@H](CC)C(=O)N[C@@H](C)CC. The van der Waals surface area contributed by atoms with Crippen molar-refractivity contribution in [2.75, 3.05) is 0 Å². The molecule has 2 amide bonds. The molecule has 1 aromatic rings. The van der Waals surface area contributed by atoms with Crippen molar-refractivity contribution in [3.63, 3.8) is 0 Å². The van der Waals surface area contributed by atoms with Gasteiger partial charge in [0.05, 0.1) is 0 Å². The molecule has 0 aliphatic heterocycles. The molecule has 0 saturated heterocycles. The van der Waals surface area contributed by atoms with Gasteiger partial charge >= 0.3 is 0 Å². The van der Waals surface area contributed by atoms with Gasteiger partial charge in [-0.2, -0.15) is 0 Å². The predicted octanol–water partition coefficient (Wildman–Crippen LogP) is 3.26. The Morgan fingerprint density at radius 2 is 1.74 bits per heavy atom. The number of carbonyl (C=O) groups is 2. The van der Waals surface area contributed by atoms with E-state index >= 15 is 0 Å². The van der Waals surface area contributed by atoms with Crippen molar-refractivity contribution in [2.24, 2.45) is 0 Å². The standard InChI is InChI=1S/C18H27FN2O2/c1-5-13(4)20-18(23)16(6-2)21(17(22)7-3)12-14-8-10-15(19)11-9-14/h8-11,13,16H,5-7,12H2,1-4H3,(H,20,23)/t13-,16+/m0/s1. The third-order valence-corrected chi connectivity index (χ3v) is 3.96. The largest absolute Gasteiger partial charge is 0.352 e. The van der Waals surface area contributed by atoms with E-state index in [2.05, 4.69) is 5.32 Å². The summed E-state index contributed by atoms with van der Waals surface area (Å²) in [5.74, 6) is -0.532. The lowest BCUT2D eigenvalue weighted by atomic mass is 10.1. The fourth-order valence-corrected chi connectivity index (χ4v) is 2.35. The van der Waals surface area contributed by atoms with Crippen LogP contribution in [0.5, 0.6) is 0 Å². The molecule has 0 heterocycles. The molecule has 0 spiro atoms. The topological polar surface area (TPSA) is 49.4 Å². The Morgan fingerprint density at radius 1 is 1.13 bits per heavy atom. The summed E-state index contributed by atoms with van der Waals surface area (Å²) in [6, 6.07) is 5.58. The minimum atomic E-state index is -0.512. The van der Waals surface area contributed by atoms with Crippen LogP contribution in [0.4, 0.5) is 4.39 Å². The first-order valence-corrected chi connectivity index (χ1v) is 8.27. The van der Waals surface area contributed by atoms with Gasteiger partial charge in [-0.15, -0.1) is 0 Å². The van der Waals surface area contributed by atoms with E-state index in [1.54, 1.807) is 24.0 Å². The Balaban J connectivity index is 2.95. The van der Waals surface area contributed by atoms with Gasteiger partial charge in [0.15, 0.2) is 0 Å². The van der Waals surface area contributed by atoms with Crippen molar-refractivity contribution < 1.29 is 14.0 Å². The van der Waals surface area contributed by atoms with E-state index in [0.717, 1.165) is 12.0 Å². The highest BCUT2D eigenvalue weighted by Crippen LogP contribution is 2.14. The molecule has 0 saturated carbocycles. The predicted molar refractivity (Wildman–Crippen MR) is 89.2 cm³/mol. The highest BCUT2D eigenvalue weighted by molar-refractivity contribution is 5.87. The van der Waals surface area contributed by atoms with E-state index in [9.17, 15) is 14.0 Å². The Morgan fingerprint density at radius 3 is 2.22 bits per heavy atom. The Bertz CT molecular complexity index is 516. The number of halogens is 1. The Hall–Kier alpha value is -1.91. The fraction of sp³-hybridized carbons (Fsp3) is 0.556. The first-order chi connectivity index (χ1) is 10.9. The van der Waals surface area contributed by atoms with Gasteiger partial charge in [0.1, 0.15) is 11.9 Å². The van der Waals surface area contributed by atoms with Gasteiger partial charge in [-0.25, -0.2) is 4.39 Å². The zero-order valence-electron chi connectivity index (χ0n) is 14.4. The number of rotatable bonds is 8. The van der Waals surface area contributed by atoms with Crippen LogP contribution in [0.3, 0.4) is 0 Å². The molecule has 0 aliphatic rings. The monoisotopic (exact) mass is 322 g/mol. The molecular formula is C18H27FN2O2. The molecule has 0 bridgehead atoms. The number of benzene rings is 1. The van der Waals surface area contributed by atoms with E-state index in [1.165, 1.54) is 12.1 Å². The van der Waals surface area contributed by atoms with Crippen LogP contribution < -0.4 is 5.32 Å². The molecule has 23 heavy (non-hydrogen) atoms. The van der Waals surface area contributed by atoms with Gasteiger partial charge in [0, 0.05) is 19.0 Å².